The third-order valence-corrected chi connectivity index (χ3v) is 5.14. The summed E-state index contributed by atoms with van der Waals surface area (Å²) in [5, 5.41) is 7.24. The molecule has 2 nitrogen and oxygen atoms in total. The van der Waals surface area contributed by atoms with Crippen molar-refractivity contribution in [2.45, 2.75) is 58.4 Å². The van der Waals surface area contributed by atoms with Crippen molar-refractivity contribution in [3.8, 4) is 0 Å². The second-order valence-corrected chi connectivity index (χ2v) is 6.14. The second kappa shape index (κ2) is 5.49. The number of nitrogens with one attached hydrogen (secondary N) is 1. The molecule has 1 aromatic heterocycles. The SMILES string of the molecule is CCNC1(c2nc(C)cs2)CCCC(CC)C1. The van der Waals surface area contributed by atoms with Crippen LogP contribution in [0.2, 0.25) is 0 Å². The minimum absolute atomic E-state index is 0.173. The first-order valence-electron chi connectivity index (χ1n) is 6.88. The third kappa shape index (κ3) is 2.71. The Morgan fingerprint density at radius 1 is 1.53 bits per heavy atom. The summed E-state index contributed by atoms with van der Waals surface area (Å²) in [4.78, 5) is 4.75. The fourth-order valence-corrected chi connectivity index (χ4v) is 4.10. The first-order chi connectivity index (χ1) is 8.20. The first-order valence-corrected chi connectivity index (χ1v) is 7.75. The number of hydrogen-bond acceptors (Lipinski definition) is 3. The molecule has 1 N–H and O–H groups in total. The van der Waals surface area contributed by atoms with Crippen LogP contribution in [0.15, 0.2) is 5.38 Å². The van der Waals surface area contributed by atoms with Crippen molar-refractivity contribution in [1.82, 2.24) is 10.3 Å². The first kappa shape index (κ1) is 13.0. The molecule has 17 heavy (non-hydrogen) atoms. The summed E-state index contributed by atoms with van der Waals surface area (Å²) in [6, 6.07) is 0. The molecule has 96 valence electrons. The molecule has 2 atom stereocenters. The fraction of sp³-hybridized carbons (Fsp3) is 0.786. The van der Waals surface area contributed by atoms with Gasteiger partial charge in [0, 0.05) is 11.1 Å². The van der Waals surface area contributed by atoms with Gasteiger partial charge in [-0.2, -0.15) is 0 Å². The van der Waals surface area contributed by atoms with E-state index in [4.69, 9.17) is 4.98 Å². The summed E-state index contributed by atoms with van der Waals surface area (Å²) < 4.78 is 0. The minimum atomic E-state index is 0.173. The number of aromatic nitrogens is 1. The number of nitrogens with zero attached hydrogens (tertiary/aromatic N) is 1. The van der Waals surface area contributed by atoms with Crippen LogP contribution < -0.4 is 5.32 Å². The Morgan fingerprint density at radius 3 is 2.94 bits per heavy atom. The number of rotatable bonds is 4. The Balaban J connectivity index is 2.25. The maximum absolute atomic E-state index is 4.75. The van der Waals surface area contributed by atoms with Crippen LogP contribution in [0.25, 0.3) is 0 Å². The van der Waals surface area contributed by atoms with E-state index in [0.717, 1.165) is 12.5 Å². The van der Waals surface area contributed by atoms with Crippen LogP contribution in [0, 0.1) is 12.8 Å². The topological polar surface area (TPSA) is 24.9 Å². The largest absolute Gasteiger partial charge is 0.306 e. The summed E-state index contributed by atoms with van der Waals surface area (Å²) in [6.07, 6.45) is 6.56. The lowest BCUT2D eigenvalue weighted by molar-refractivity contribution is 0.177. The monoisotopic (exact) mass is 252 g/mol. The van der Waals surface area contributed by atoms with E-state index in [1.807, 2.05) is 11.3 Å². The summed E-state index contributed by atoms with van der Waals surface area (Å²) >= 11 is 1.83. The van der Waals surface area contributed by atoms with Gasteiger partial charge in [-0.15, -0.1) is 11.3 Å². The molecule has 0 aromatic carbocycles. The zero-order valence-corrected chi connectivity index (χ0v) is 12.1. The number of thiazole rings is 1. The van der Waals surface area contributed by atoms with Crippen molar-refractivity contribution >= 4 is 11.3 Å². The van der Waals surface area contributed by atoms with Crippen molar-refractivity contribution < 1.29 is 0 Å². The van der Waals surface area contributed by atoms with Gasteiger partial charge >= 0.3 is 0 Å². The normalized spacial score (nSPS) is 29.5. The second-order valence-electron chi connectivity index (χ2n) is 5.28. The highest BCUT2D eigenvalue weighted by Crippen LogP contribution is 2.42. The highest BCUT2D eigenvalue weighted by molar-refractivity contribution is 7.09. The lowest BCUT2D eigenvalue weighted by Gasteiger charge is -2.40. The van der Waals surface area contributed by atoms with Crippen LogP contribution in [-0.2, 0) is 5.54 Å². The molecule has 0 bridgehead atoms. The van der Waals surface area contributed by atoms with Crippen molar-refractivity contribution in [3.63, 3.8) is 0 Å². The van der Waals surface area contributed by atoms with E-state index in [2.05, 4.69) is 31.5 Å². The van der Waals surface area contributed by atoms with E-state index in [1.54, 1.807) is 0 Å². The van der Waals surface area contributed by atoms with E-state index in [9.17, 15) is 0 Å². The van der Waals surface area contributed by atoms with Gasteiger partial charge in [-0.1, -0.05) is 33.1 Å². The Kier molecular flexibility index (Phi) is 4.21. The van der Waals surface area contributed by atoms with E-state index < -0.39 is 0 Å². The Hall–Kier alpha value is -0.410. The van der Waals surface area contributed by atoms with Gasteiger partial charge in [-0.05, 0) is 32.2 Å². The van der Waals surface area contributed by atoms with Crippen molar-refractivity contribution in [1.29, 1.82) is 0 Å². The average Bonchev–Trinajstić information content (AvgIpc) is 2.77. The molecule has 2 unspecified atom stereocenters. The summed E-state index contributed by atoms with van der Waals surface area (Å²) in [7, 11) is 0. The molecule has 1 aromatic rings. The smallest absolute Gasteiger partial charge is 0.113 e. The van der Waals surface area contributed by atoms with Crippen LogP contribution >= 0.6 is 11.3 Å². The van der Waals surface area contributed by atoms with Crippen LogP contribution in [0.4, 0.5) is 0 Å². The standard InChI is InChI=1S/C14H24N2S/c1-4-12-7-6-8-14(9-12,15-5-2)13-16-11(3)10-17-13/h10,12,15H,4-9H2,1-3H3. The lowest BCUT2D eigenvalue weighted by atomic mass is 9.75. The molecular formula is C14H24N2S. The molecule has 1 heterocycles. The highest BCUT2D eigenvalue weighted by atomic mass is 32.1. The molecular weight excluding hydrogens is 228 g/mol. The quantitative estimate of drug-likeness (QED) is 0.880. The maximum Gasteiger partial charge on any atom is 0.113 e. The maximum atomic E-state index is 4.75. The van der Waals surface area contributed by atoms with Crippen LogP contribution in [0.1, 0.15) is 56.7 Å². The lowest BCUT2D eigenvalue weighted by Crippen LogP contribution is -2.46. The molecule has 0 saturated heterocycles. The van der Waals surface area contributed by atoms with Gasteiger partial charge < -0.3 is 5.32 Å². The Labute approximate surface area is 109 Å². The van der Waals surface area contributed by atoms with E-state index in [-0.39, 0.29) is 5.54 Å². The Bertz CT molecular complexity index is 357. The van der Waals surface area contributed by atoms with Crippen LogP contribution in [0.5, 0.6) is 0 Å². The van der Waals surface area contributed by atoms with Gasteiger partial charge in [0.25, 0.3) is 0 Å². The van der Waals surface area contributed by atoms with Gasteiger partial charge in [-0.3, -0.25) is 0 Å². The third-order valence-electron chi connectivity index (χ3n) is 3.97. The van der Waals surface area contributed by atoms with Gasteiger partial charge in [0.05, 0.1) is 5.54 Å². The van der Waals surface area contributed by atoms with Gasteiger partial charge in [-0.25, -0.2) is 4.98 Å². The minimum Gasteiger partial charge on any atom is -0.306 e. The van der Waals surface area contributed by atoms with Crippen molar-refractivity contribution in [2.75, 3.05) is 6.54 Å². The highest BCUT2D eigenvalue weighted by Gasteiger charge is 2.38. The zero-order valence-electron chi connectivity index (χ0n) is 11.3. The predicted octanol–water partition coefficient (Wildman–Crippen LogP) is 3.86. The average molecular weight is 252 g/mol. The van der Waals surface area contributed by atoms with Crippen molar-refractivity contribution in [3.05, 3.63) is 16.1 Å². The van der Waals surface area contributed by atoms with E-state index in [0.29, 0.717) is 0 Å². The number of hydrogen-bond donors (Lipinski definition) is 1. The summed E-state index contributed by atoms with van der Waals surface area (Å²) in [5.41, 5.74) is 1.34. The van der Waals surface area contributed by atoms with E-state index >= 15 is 0 Å². The molecule has 0 spiro atoms. The summed E-state index contributed by atoms with van der Waals surface area (Å²) in [5.74, 6) is 0.868. The van der Waals surface area contributed by atoms with E-state index in [1.165, 1.54) is 42.8 Å². The molecule has 0 radical (unpaired) electrons. The molecule has 3 heteroatoms. The molecule has 1 aliphatic carbocycles. The fourth-order valence-electron chi connectivity index (χ4n) is 3.08. The van der Waals surface area contributed by atoms with Crippen LogP contribution in [-0.4, -0.2) is 11.5 Å². The van der Waals surface area contributed by atoms with Gasteiger partial charge in [0.1, 0.15) is 5.01 Å². The molecule has 1 fully saturated rings. The molecule has 2 rings (SSSR count). The van der Waals surface area contributed by atoms with Gasteiger partial charge in [0.15, 0.2) is 0 Å². The molecule has 0 amide bonds. The van der Waals surface area contributed by atoms with Gasteiger partial charge in [0.2, 0.25) is 0 Å². The van der Waals surface area contributed by atoms with Crippen molar-refractivity contribution in [2.24, 2.45) is 5.92 Å². The van der Waals surface area contributed by atoms with Crippen LogP contribution in [0.3, 0.4) is 0 Å². The summed E-state index contributed by atoms with van der Waals surface area (Å²) in [6.45, 7) is 7.66. The Morgan fingerprint density at radius 2 is 2.35 bits per heavy atom. The molecule has 0 aliphatic heterocycles. The molecule has 1 saturated carbocycles. The zero-order chi connectivity index (χ0) is 12.3. The predicted molar refractivity (Wildman–Crippen MR) is 74.5 cm³/mol. The number of aryl methyl sites for hydroxylation is 1. The molecule has 1 aliphatic rings.